The standard InChI is InChI=1S/C23H31N5O2/c1-16(2)10-21(30)28-13-18-12-27(19-11-20(29)26-22(24)25-19)14-23(18,15-28)9-8-17-6-4-3-5-7-17/h3-7,11,16,18H,8-10,12-15H2,1-2H3,(H3,24,25,26,29)/t18-,23+/m0/s1. The lowest BCUT2D eigenvalue weighted by molar-refractivity contribution is -0.131. The highest BCUT2D eigenvalue weighted by Gasteiger charge is 2.53. The summed E-state index contributed by atoms with van der Waals surface area (Å²) < 4.78 is 0. The number of H-pyrrole nitrogens is 1. The molecule has 0 unspecified atom stereocenters. The molecule has 2 aliphatic heterocycles. The van der Waals surface area contributed by atoms with Crippen molar-refractivity contribution in [3.63, 3.8) is 0 Å². The van der Waals surface area contributed by atoms with Gasteiger partial charge in [-0.15, -0.1) is 0 Å². The Balaban J connectivity index is 1.56. The number of anilines is 2. The maximum absolute atomic E-state index is 12.8. The molecule has 1 aromatic heterocycles. The predicted octanol–water partition coefficient (Wildman–Crippen LogP) is 2.30. The van der Waals surface area contributed by atoms with Crippen LogP contribution in [0.2, 0.25) is 0 Å². The van der Waals surface area contributed by atoms with E-state index in [0.29, 0.717) is 24.1 Å². The molecule has 2 aromatic rings. The normalized spacial score (nSPS) is 23.2. The predicted molar refractivity (Wildman–Crippen MR) is 118 cm³/mol. The van der Waals surface area contributed by atoms with Crippen molar-refractivity contribution in [2.75, 3.05) is 36.8 Å². The minimum atomic E-state index is -0.235. The molecule has 1 amide bonds. The lowest BCUT2D eigenvalue weighted by Crippen LogP contribution is -2.38. The van der Waals surface area contributed by atoms with E-state index in [4.69, 9.17) is 5.73 Å². The van der Waals surface area contributed by atoms with Crippen LogP contribution in [-0.4, -0.2) is 47.0 Å². The summed E-state index contributed by atoms with van der Waals surface area (Å²) in [5.41, 5.74) is 6.85. The van der Waals surface area contributed by atoms with Gasteiger partial charge in [-0.3, -0.25) is 14.6 Å². The third-order valence-electron chi connectivity index (χ3n) is 6.52. The van der Waals surface area contributed by atoms with Crippen molar-refractivity contribution in [2.24, 2.45) is 17.3 Å². The molecule has 4 rings (SSSR count). The van der Waals surface area contributed by atoms with Crippen LogP contribution in [0.1, 0.15) is 32.3 Å². The van der Waals surface area contributed by atoms with E-state index in [2.05, 4.69) is 57.9 Å². The van der Waals surface area contributed by atoms with Gasteiger partial charge in [-0.05, 0) is 24.3 Å². The summed E-state index contributed by atoms with van der Waals surface area (Å²) in [5, 5.41) is 0. The van der Waals surface area contributed by atoms with Gasteiger partial charge in [-0.1, -0.05) is 44.2 Å². The monoisotopic (exact) mass is 409 g/mol. The zero-order chi connectivity index (χ0) is 21.3. The molecule has 3 heterocycles. The SMILES string of the molecule is CC(C)CC(=O)N1C[C@@H]2CN(c3cc(=O)[nH]c(N)n3)C[C@]2(CCc2ccccc2)C1. The minimum Gasteiger partial charge on any atom is -0.369 e. The van der Waals surface area contributed by atoms with E-state index in [1.54, 1.807) is 0 Å². The van der Waals surface area contributed by atoms with Gasteiger partial charge >= 0.3 is 0 Å². The van der Waals surface area contributed by atoms with Gasteiger partial charge in [0.05, 0.1) is 0 Å². The number of rotatable bonds is 6. The van der Waals surface area contributed by atoms with Gasteiger partial charge in [0.1, 0.15) is 5.82 Å². The lowest BCUT2D eigenvalue weighted by Gasteiger charge is -2.30. The second-order valence-electron chi connectivity index (χ2n) is 9.29. The Hall–Kier alpha value is -2.83. The van der Waals surface area contributed by atoms with E-state index >= 15 is 0 Å². The van der Waals surface area contributed by atoms with Gasteiger partial charge in [0.25, 0.3) is 5.56 Å². The first kappa shape index (κ1) is 20.4. The Kier molecular flexibility index (Phi) is 5.54. The molecule has 0 saturated carbocycles. The molecule has 160 valence electrons. The van der Waals surface area contributed by atoms with E-state index in [0.717, 1.165) is 39.0 Å². The second kappa shape index (κ2) is 8.13. The van der Waals surface area contributed by atoms with Crippen LogP contribution in [0.15, 0.2) is 41.2 Å². The first-order valence-electron chi connectivity index (χ1n) is 10.8. The van der Waals surface area contributed by atoms with Crippen molar-refractivity contribution in [1.29, 1.82) is 0 Å². The molecule has 0 bridgehead atoms. The number of hydrogen-bond acceptors (Lipinski definition) is 5. The molecule has 1 aromatic carbocycles. The second-order valence-corrected chi connectivity index (χ2v) is 9.29. The molecule has 30 heavy (non-hydrogen) atoms. The van der Waals surface area contributed by atoms with Crippen LogP contribution in [0.3, 0.4) is 0 Å². The van der Waals surface area contributed by atoms with Crippen molar-refractivity contribution in [1.82, 2.24) is 14.9 Å². The Labute approximate surface area is 177 Å². The molecular weight excluding hydrogens is 378 g/mol. The van der Waals surface area contributed by atoms with Gasteiger partial charge in [0, 0.05) is 50.0 Å². The fraction of sp³-hybridized carbons (Fsp3) is 0.522. The number of nitrogen functional groups attached to an aromatic ring is 1. The van der Waals surface area contributed by atoms with Crippen LogP contribution in [0.25, 0.3) is 0 Å². The maximum atomic E-state index is 12.8. The zero-order valence-corrected chi connectivity index (χ0v) is 17.8. The summed E-state index contributed by atoms with van der Waals surface area (Å²) in [6.07, 6.45) is 2.57. The molecule has 0 aliphatic carbocycles. The largest absolute Gasteiger partial charge is 0.369 e. The number of nitrogens with two attached hydrogens (primary N) is 1. The molecule has 2 fully saturated rings. The molecule has 7 nitrogen and oxygen atoms in total. The summed E-state index contributed by atoms with van der Waals surface area (Å²) >= 11 is 0. The van der Waals surface area contributed by atoms with E-state index in [1.807, 2.05) is 6.07 Å². The number of aromatic amines is 1. The Morgan fingerprint density at radius 3 is 2.73 bits per heavy atom. The molecule has 7 heteroatoms. The van der Waals surface area contributed by atoms with E-state index in [-0.39, 0.29) is 22.8 Å². The quantitative estimate of drug-likeness (QED) is 0.763. The third-order valence-corrected chi connectivity index (χ3v) is 6.52. The van der Waals surface area contributed by atoms with Gasteiger partial charge in [0.15, 0.2) is 0 Å². The number of likely N-dealkylation sites (tertiary alicyclic amines) is 1. The maximum Gasteiger partial charge on any atom is 0.254 e. The van der Waals surface area contributed by atoms with Crippen LogP contribution in [-0.2, 0) is 11.2 Å². The lowest BCUT2D eigenvalue weighted by atomic mass is 9.76. The van der Waals surface area contributed by atoms with E-state index in [9.17, 15) is 9.59 Å². The van der Waals surface area contributed by atoms with Gasteiger partial charge in [-0.25, -0.2) is 0 Å². The molecule has 2 saturated heterocycles. The van der Waals surface area contributed by atoms with E-state index < -0.39 is 0 Å². The highest BCUT2D eigenvalue weighted by molar-refractivity contribution is 5.77. The van der Waals surface area contributed by atoms with Crippen molar-refractivity contribution in [3.05, 3.63) is 52.3 Å². The van der Waals surface area contributed by atoms with Crippen molar-refractivity contribution in [2.45, 2.75) is 33.1 Å². The summed E-state index contributed by atoms with van der Waals surface area (Å²) in [4.78, 5) is 35.8. The first-order valence-corrected chi connectivity index (χ1v) is 10.8. The topological polar surface area (TPSA) is 95.3 Å². The van der Waals surface area contributed by atoms with Gasteiger partial charge < -0.3 is 15.5 Å². The van der Waals surface area contributed by atoms with Crippen LogP contribution < -0.4 is 16.2 Å². The molecule has 0 radical (unpaired) electrons. The van der Waals surface area contributed by atoms with Crippen LogP contribution >= 0.6 is 0 Å². The summed E-state index contributed by atoms with van der Waals surface area (Å²) in [7, 11) is 0. The Bertz CT molecular complexity index is 958. The van der Waals surface area contributed by atoms with Crippen molar-refractivity contribution in [3.8, 4) is 0 Å². The number of carbonyl (C=O) groups is 1. The minimum absolute atomic E-state index is 0.00151. The number of amides is 1. The average Bonchev–Trinajstić information content (AvgIpc) is 3.21. The van der Waals surface area contributed by atoms with Crippen molar-refractivity contribution < 1.29 is 4.79 Å². The van der Waals surface area contributed by atoms with Gasteiger partial charge in [-0.2, -0.15) is 4.98 Å². The number of nitrogens with zero attached hydrogens (tertiary/aromatic N) is 3. The zero-order valence-electron chi connectivity index (χ0n) is 17.8. The number of aryl methyl sites for hydroxylation is 1. The number of benzene rings is 1. The van der Waals surface area contributed by atoms with Crippen molar-refractivity contribution >= 4 is 17.7 Å². The molecule has 2 atom stereocenters. The first-order chi connectivity index (χ1) is 14.3. The number of aromatic nitrogens is 2. The summed E-state index contributed by atoms with van der Waals surface area (Å²) in [5.74, 6) is 1.74. The third kappa shape index (κ3) is 4.20. The van der Waals surface area contributed by atoms with E-state index in [1.165, 1.54) is 11.6 Å². The Morgan fingerprint density at radius 1 is 1.27 bits per heavy atom. The van der Waals surface area contributed by atoms with Crippen LogP contribution in [0.4, 0.5) is 11.8 Å². The highest BCUT2D eigenvalue weighted by Crippen LogP contribution is 2.47. The highest BCUT2D eigenvalue weighted by atomic mass is 16.2. The Morgan fingerprint density at radius 2 is 2.03 bits per heavy atom. The molecule has 0 spiro atoms. The molecular formula is C23H31N5O2. The fourth-order valence-electron chi connectivity index (χ4n) is 5.04. The number of nitrogens with one attached hydrogen (secondary N) is 1. The molecule has 3 N–H and O–H groups in total. The smallest absolute Gasteiger partial charge is 0.254 e. The fourth-order valence-corrected chi connectivity index (χ4v) is 5.04. The number of fused-ring (bicyclic) bond motifs is 1. The summed E-state index contributed by atoms with van der Waals surface area (Å²) in [6.45, 7) is 7.29. The average molecular weight is 410 g/mol. The van der Waals surface area contributed by atoms with Gasteiger partial charge in [0.2, 0.25) is 11.9 Å². The number of carbonyl (C=O) groups excluding carboxylic acids is 1. The van der Waals surface area contributed by atoms with Crippen LogP contribution in [0.5, 0.6) is 0 Å². The summed E-state index contributed by atoms with van der Waals surface area (Å²) in [6, 6.07) is 12.0. The van der Waals surface area contributed by atoms with Crippen LogP contribution in [0, 0.1) is 17.3 Å². The number of hydrogen-bond donors (Lipinski definition) is 2. The molecule has 2 aliphatic rings.